The number of hydrogen-bond acceptors (Lipinski definition) is 7. The van der Waals surface area contributed by atoms with Crippen molar-refractivity contribution in [2.24, 2.45) is 17.4 Å². The zero-order chi connectivity index (χ0) is 22.6. The van der Waals surface area contributed by atoms with Gasteiger partial charge in [-0.1, -0.05) is 13.8 Å². The second kappa shape index (κ2) is 13.8. The molecule has 0 bridgehead atoms. The molecule has 0 radical (unpaired) electrons. The molecule has 0 aliphatic carbocycles. The number of nitrogens with two attached hydrogens (primary N) is 2. The second-order valence-electron chi connectivity index (χ2n) is 6.80. The summed E-state index contributed by atoms with van der Waals surface area (Å²) < 4.78 is 0. The zero-order valence-electron chi connectivity index (χ0n) is 16.9. The van der Waals surface area contributed by atoms with Gasteiger partial charge >= 0.3 is 5.97 Å². The van der Waals surface area contributed by atoms with Crippen LogP contribution in [0.1, 0.15) is 33.1 Å². The topological polar surface area (TPSA) is 194 Å². The van der Waals surface area contributed by atoms with E-state index in [1.165, 1.54) is 11.8 Å². The molecule has 0 aromatic rings. The minimum Gasteiger partial charge on any atom is -0.480 e. The molecular weight excluding hydrogens is 402 g/mol. The van der Waals surface area contributed by atoms with Gasteiger partial charge in [0.05, 0.1) is 12.6 Å². The van der Waals surface area contributed by atoms with Crippen LogP contribution in [0.5, 0.6) is 0 Å². The lowest BCUT2D eigenvalue weighted by Crippen LogP contribution is -2.54. The normalized spacial score (nSPS) is 13.8. The van der Waals surface area contributed by atoms with Crippen LogP contribution in [-0.2, 0) is 24.0 Å². The van der Waals surface area contributed by atoms with Gasteiger partial charge in [-0.05, 0) is 30.8 Å². The molecular formula is C17H31N5O6S. The highest BCUT2D eigenvalue weighted by Crippen LogP contribution is 2.04. The van der Waals surface area contributed by atoms with Crippen LogP contribution >= 0.6 is 11.8 Å². The van der Waals surface area contributed by atoms with Crippen LogP contribution in [-0.4, -0.2) is 71.4 Å². The van der Waals surface area contributed by atoms with Crippen LogP contribution in [0, 0.1) is 5.92 Å². The van der Waals surface area contributed by atoms with Crippen molar-refractivity contribution in [2.45, 2.75) is 51.2 Å². The molecule has 0 aliphatic heterocycles. The SMILES string of the molecule is CSCCC(NC(=O)C(N)CCC(N)=O)C(=O)NCC(=O)NC(C(=O)O)C(C)C. The summed E-state index contributed by atoms with van der Waals surface area (Å²) in [5.41, 5.74) is 10.7. The van der Waals surface area contributed by atoms with Gasteiger partial charge in [0.2, 0.25) is 23.6 Å². The maximum absolute atomic E-state index is 12.4. The number of nitrogens with one attached hydrogen (secondary N) is 3. The molecule has 29 heavy (non-hydrogen) atoms. The fourth-order valence-electron chi connectivity index (χ4n) is 2.24. The van der Waals surface area contributed by atoms with E-state index in [-0.39, 0.29) is 18.8 Å². The monoisotopic (exact) mass is 433 g/mol. The molecule has 166 valence electrons. The largest absolute Gasteiger partial charge is 0.480 e. The molecule has 0 rings (SSSR count). The third-order valence-corrected chi connectivity index (χ3v) is 4.60. The van der Waals surface area contributed by atoms with E-state index in [4.69, 9.17) is 16.6 Å². The van der Waals surface area contributed by atoms with Crippen molar-refractivity contribution in [1.29, 1.82) is 0 Å². The molecule has 0 fully saturated rings. The predicted octanol–water partition coefficient (Wildman–Crippen LogP) is -1.84. The van der Waals surface area contributed by atoms with Crippen LogP contribution in [0.2, 0.25) is 0 Å². The molecule has 0 saturated heterocycles. The number of carbonyl (C=O) groups excluding carboxylic acids is 4. The summed E-state index contributed by atoms with van der Waals surface area (Å²) in [5, 5.41) is 16.3. The number of carboxylic acids is 1. The standard InChI is InChI=1S/C17H31N5O6S/c1-9(2)14(17(27)28)22-13(24)8-20-16(26)11(6-7-29-3)21-15(25)10(18)4-5-12(19)23/h9-11,14H,4-8,18H2,1-3H3,(H2,19,23)(H,20,26)(H,21,25)(H,22,24)(H,27,28). The number of amides is 4. The van der Waals surface area contributed by atoms with Crippen molar-refractivity contribution in [3.05, 3.63) is 0 Å². The first-order valence-corrected chi connectivity index (χ1v) is 10.5. The molecule has 0 aromatic carbocycles. The van der Waals surface area contributed by atoms with E-state index in [0.717, 1.165) is 0 Å². The first kappa shape index (κ1) is 26.7. The molecule has 11 nitrogen and oxygen atoms in total. The number of hydrogen-bond donors (Lipinski definition) is 6. The predicted molar refractivity (Wildman–Crippen MR) is 109 cm³/mol. The Morgan fingerprint density at radius 1 is 1.03 bits per heavy atom. The maximum Gasteiger partial charge on any atom is 0.326 e. The van der Waals surface area contributed by atoms with Gasteiger partial charge in [-0.15, -0.1) is 0 Å². The summed E-state index contributed by atoms with van der Waals surface area (Å²) in [6.07, 6.45) is 2.12. The van der Waals surface area contributed by atoms with Crippen molar-refractivity contribution >= 4 is 41.4 Å². The van der Waals surface area contributed by atoms with Gasteiger partial charge in [0, 0.05) is 6.42 Å². The first-order chi connectivity index (χ1) is 13.5. The van der Waals surface area contributed by atoms with Crippen molar-refractivity contribution < 1.29 is 29.1 Å². The molecule has 0 spiro atoms. The Morgan fingerprint density at radius 3 is 2.14 bits per heavy atom. The summed E-state index contributed by atoms with van der Waals surface area (Å²) in [6.45, 7) is 2.86. The molecule has 0 saturated carbocycles. The summed E-state index contributed by atoms with van der Waals surface area (Å²) in [7, 11) is 0. The smallest absolute Gasteiger partial charge is 0.326 e. The molecule has 4 amide bonds. The Labute approximate surface area is 174 Å². The lowest BCUT2D eigenvalue weighted by Gasteiger charge is -2.21. The maximum atomic E-state index is 12.4. The number of aliphatic carboxylic acids is 1. The van der Waals surface area contributed by atoms with Gasteiger partial charge in [-0.2, -0.15) is 11.8 Å². The lowest BCUT2D eigenvalue weighted by molar-refractivity contribution is -0.143. The third-order valence-electron chi connectivity index (χ3n) is 3.95. The van der Waals surface area contributed by atoms with Crippen molar-refractivity contribution in [1.82, 2.24) is 16.0 Å². The van der Waals surface area contributed by atoms with Crippen molar-refractivity contribution in [2.75, 3.05) is 18.6 Å². The first-order valence-electron chi connectivity index (χ1n) is 9.12. The van der Waals surface area contributed by atoms with Crippen LogP contribution in [0.25, 0.3) is 0 Å². The van der Waals surface area contributed by atoms with Crippen molar-refractivity contribution in [3.8, 4) is 0 Å². The van der Waals surface area contributed by atoms with Gasteiger partial charge in [0.25, 0.3) is 0 Å². The molecule has 0 heterocycles. The number of carbonyl (C=O) groups is 5. The average Bonchev–Trinajstić information content (AvgIpc) is 2.64. The number of primary amides is 1. The average molecular weight is 434 g/mol. The van der Waals surface area contributed by atoms with E-state index in [1.54, 1.807) is 13.8 Å². The Kier molecular flexibility index (Phi) is 12.7. The number of thioether (sulfide) groups is 1. The minimum atomic E-state index is -1.17. The summed E-state index contributed by atoms with van der Waals surface area (Å²) >= 11 is 1.47. The highest BCUT2D eigenvalue weighted by atomic mass is 32.2. The Hall–Kier alpha value is -2.34. The van der Waals surface area contributed by atoms with E-state index in [9.17, 15) is 24.0 Å². The Balaban J connectivity index is 4.78. The molecule has 0 aliphatic rings. The second-order valence-corrected chi connectivity index (χ2v) is 7.78. The zero-order valence-corrected chi connectivity index (χ0v) is 17.7. The molecule has 3 unspecified atom stereocenters. The van der Waals surface area contributed by atoms with E-state index in [2.05, 4.69) is 16.0 Å². The highest BCUT2D eigenvalue weighted by Gasteiger charge is 2.26. The van der Waals surface area contributed by atoms with E-state index >= 15 is 0 Å². The van der Waals surface area contributed by atoms with Gasteiger partial charge in [-0.3, -0.25) is 19.2 Å². The molecule has 12 heteroatoms. The summed E-state index contributed by atoms with van der Waals surface area (Å²) in [4.78, 5) is 58.4. The Morgan fingerprint density at radius 2 is 1.66 bits per heavy atom. The molecule has 0 aromatic heterocycles. The number of rotatable bonds is 14. The quantitative estimate of drug-likeness (QED) is 0.184. The Bertz CT molecular complexity index is 601. The van der Waals surface area contributed by atoms with Crippen LogP contribution in [0.4, 0.5) is 0 Å². The summed E-state index contributed by atoms with van der Waals surface area (Å²) in [5.74, 6) is -3.39. The minimum absolute atomic E-state index is 0.0478. The third kappa shape index (κ3) is 11.3. The van der Waals surface area contributed by atoms with E-state index in [1.807, 2.05) is 6.26 Å². The van der Waals surface area contributed by atoms with Gasteiger partial charge in [0.15, 0.2) is 0 Å². The van der Waals surface area contributed by atoms with E-state index < -0.39 is 54.3 Å². The van der Waals surface area contributed by atoms with Crippen LogP contribution in [0.15, 0.2) is 0 Å². The fourth-order valence-corrected chi connectivity index (χ4v) is 2.71. The van der Waals surface area contributed by atoms with Crippen LogP contribution < -0.4 is 27.4 Å². The molecule has 8 N–H and O–H groups in total. The molecule has 3 atom stereocenters. The van der Waals surface area contributed by atoms with Gasteiger partial charge in [0.1, 0.15) is 12.1 Å². The summed E-state index contributed by atoms with van der Waals surface area (Å²) in [6, 6.07) is -3.00. The van der Waals surface area contributed by atoms with Crippen LogP contribution in [0.3, 0.4) is 0 Å². The fraction of sp³-hybridized carbons (Fsp3) is 0.706. The lowest BCUT2D eigenvalue weighted by atomic mass is 10.0. The number of carboxylic acid groups (broad SMARTS) is 1. The van der Waals surface area contributed by atoms with Gasteiger partial charge in [-0.25, -0.2) is 4.79 Å². The van der Waals surface area contributed by atoms with Gasteiger partial charge < -0.3 is 32.5 Å². The highest BCUT2D eigenvalue weighted by molar-refractivity contribution is 7.98. The van der Waals surface area contributed by atoms with E-state index in [0.29, 0.717) is 12.2 Å². The van der Waals surface area contributed by atoms with Crippen molar-refractivity contribution in [3.63, 3.8) is 0 Å².